The van der Waals surface area contributed by atoms with E-state index < -0.39 is 5.97 Å². The van der Waals surface area contributed by atoms with Gasteiger partial charge in [-0.25, -0.2) is 0 Å². The Labute approximate surface area is 88.4 Å². The van der Waals surface area contributed by atoms with E-state index in [9.17, 15) is 4.79 Å². The van der Waals surface area contributed by atoms with Crippen molar-refractivity contribution in [2.24, 2.45) is 0 Å². The highest BCUT2D eigenvalue weighted by Gasteiger charge is 2.10. The van der Waals surface area contributed by atoms with Crippen LogP contribution in [0, 0.1) is 6.92 Å². The van der Waals surface area contributed by atoms with Crippen LogP contribution in [0.4, 0.5) is 0 Å². The fourth-order valence-corrected chi connectivity index (χ4v) is 1.38. The first-order chi connectivity index (χ1) is 7.08. The van der Waals surface area contributed by atoms with E-state index >= 15 is 0 Å². The van der Waals surface area contributed by atoms with E-state index in [1.807, 2.05) is 6.92 Å². The standard InChI is InChI=1S/C11H14O4/c1-7-4-9(14-2)10(15-3)5-8(7)6-11(12)13/h4-5H,6H2,1-3H3,(H,12,13). The van der Waals surface area contributed by atoms with Gasteiger partial charge in [0.15, 0.2) is 11.5 Å². The van der Waals surface area contributed by atoms with E-state index in [-0.39, 0.29) is 6.42 Å². The smallest absolute Gasteiger partial charge is 0.307 e. The van der Waals surface area contributed by atoms with Gasteiger partial charge in [-0.15, -0.1) is 0 Å². The summed E-state index contributed by atoms with van der Waals surface area (Å²) in [6.45, 7) is 1.85. The van der Waals surface area contributed by atoms with Crippen molar-refractivity contribution in [3.8, 4) is 11.5 Å². The first-order valence-corrected chi connectivity index (χ1v) is 4.51. The third-order valence-electron chi connectivity index (χ3n) is 2.18. The van der Waals surface area contributed by atoms with Gasteiger partial charge in [-0.3, -0.25) is 4.79 Å². The molecule has 0 atom stereocenters. The van der Waals surface area contributed by atoms with Crippen LogP contribution in [0.2, 0.25) is 0 Å². The van der Waals surface area contributed by atoms with Crippen LogP contribution in [0.3, 0.4) is 0 Å². The van der Waals surface area contributed by atoms with Crippen molar-refractivity contribution in [3.05, 3.63) is 23.3 Å². The molecule has 0 saturated carbocycles. The number of carboxylic acid groups (broad SMARTS) is 1. The van der Waals surface area contributed by atoms with Crippen LogP contribution >= 0.6 is 0 Å². The fraction of sp³-hybridized carbons (Fsp3) is 0.364. The molecule has 0 fully saturated rings. The molecule has 0 aliphatic carbocycles. The summed E-state index contributed by atoms with van der Waals surface area (Å²) in [5.41, 5.74) is 1.62. The van der Waals surface area contributed by atoms with Gasteiger partial charge < -0.3 is 14.6 Å². The van der Waals surface area contributed by atoms with E-state index in [0.717, 1.165) is 11.1 Å². The monoisotopic (exact) mass is 210 g/mol. The lowest BCUT2D eigenvalue weighted by molar-refractivity contribution is -0.136. The molecular formula is C11H14O4. The average Bonchev–Trinajstić information content (AvgIpc) is 2.19. The van der Waals surface area contributed by atoms with Crippen molar-refractivity contribution in [1.29, 1.82) is 0 Å². The number of aryl methyl sites for hydroxylation is 1. The molecule has 0 aliphatic rings. The van der Waals surface area contributed by atoms with Crippen molar-refractivity contribution in [2.75, 3.05) is 14.2 Å². The molecule has 0 saturated heterocycles. The van der Waals surface area contributed by atoms with Crippen LogP contribution in [0.15, 0.2) is 12.1 Å². The molecular weight excluding hydrogens is 196 g/mol. The van der Waals surface area contributed by atoms with Gasteiger partial charge in [0, 0.05) is 0 Å². The number of hydrogen-bond acceptors (Lipinski definition) is 3. The summed E-state index contributed by atoms with van der Waals surface area (Å²) < 4.78 is 10.2. The Kier molecular flexibility index (Phi) is 3.55. The molecule has 0 spiro atoms. The van der Waals surface area contributed by atoms with E-state index in [4.69, 9.17) is 14.6 Å². The van der Waals surface area contributed by atoms with Crippen LogP contribution < -0.4 is 9.47 Å². The van der Waals surface area contributed by atoms with Crippen molar-refractivity contribution >= 4 is 5.97 Å². The Bertz CT molecular complexity index is 371. The van der Waals surface area contributed by atoms with Gasteiger partial charge >= 0.3 is 5.97 Å². The van der Waals surface area contributed by atoms with E-state index in [2.05, 4.69) is 0 Å². The zero-order chi connectivity index (χ0) is 11.4. The van der Waals surface area contributed by atoms with Crippen LogP contribution in [-0.4, -0.2) is 25.3 Å². The van der Waals surface area contributed by atoms with Gasteiger partial charge in [-0.1, -0.05) is 0 Å². The second kappa shape index (κ2) is 4.68. The van der Waals surface area contributed by atoms with Gasteiger partial charge in [0.05, 0.1) is 20.6 Å². The Hall–Kier alpha value is -1.71. The highest BCUT2D eigenvalue weighted by molar-refractivity contribution is 5.71. The number of methoxy groups -OCH3 is 2. The van der Waals surface area contributed by atoms with E-state index in [1.165, 1.54) is 7.11 Å². The Morgan fingerprint density at radius 2 is 1.80 bits per heavy atom. The highest BCUT2D eigenvalue weighted by atomic mass is 16.5. The molecule has 0 bridgehead atoms. The molecule has 1 rings (SSSR count). The lowest BCUT2D eigenvalue weighted by Crippen LogP contribution is -2.03. The number of benzene rings is 1. The van der Waals surface area contributed by atoms with Crippen molar-refractivity contribution in [3.63, 3.8) is 0 Å². The minimum absolute atomic E-state index is 0.00775. The zero-order valence-corrected chi connectivity index (χ0v) is 9.03. The topological polar surface area (TPSA) is 55.8 Å². The van der Waals surface area contributed by atoms with Gasteiger partial charge in [-0.2, -0.15) is 0 Å². The zero-order valence-electron chi connectivity index (χ0n) is 9.03. The summed E-state index contributed by atoms with van der Waals surface area (Å²) in [6.07, 6.45) is -0.00775. The maximum Gasteiger partial charge on any atom is 0.307 e. The Morgan fingerprint density at radius 3 is 2.27 bits per heavy atom. The number of carbonyl (C=O) groups is 1. The number of aliphatic carboxylic acids is 1. The molecule has 1 aromatic carbocycles. The lowest BCUT2D eigenvalue weighted by Gasteiger charge is -2.11. The number of rotatable bonds is 4. The molecule has 0 amide bonds. The van der Waals surface area contributed by atoms with Gasteiger partial charge in [0.1, 0.15) is 0 Å². The third kappa shape index (κ3) is 2.62. The molecule has 0 radical (unpaired) electrons. The summed E-state index contributed by atoms with van der Waals surface area (Å²) in [7, 11) is 3.08. The summed E-state index contributed by atoms with van der Waals surface area (Å²) in [6, 6.07) is 3.47. The Balaban J connectivity index is 3.13. The van der Waals surface area contributed by atoms with Crippen molar-refractivity contribution in [1.82, 2.24) is 0 Å². The molecule has 82 valence electrons. The first kappa shape index (κ1) is 11.4. The molecule has 1 aromatic rings. The van der Waals surface area contributed by atoms with Gasteiger partial charge in [-0.05, 0) is 30.2 Å². The van der Waals surface area contributed by atoms with E-state index in [0.29, 0.717) is 11.5 Å². The maximum atomic E-state index is 10.6. The predicted octanol–water partition coefficient (Wildman–Crippen LogP) is 1.64. The molecule has 0 heterocycles. The molecule has 0 aliphatic heterocycles. The second-order valence-corrected chi connectivity index (χ2v) is 3.20. The molecule has 4 nitrogen and oxygen atoms in total. The second-order valence-electron chi connectivity index (χ2n) is 3.20. The lowest BCUT2D eigenvalue weighted by atomic mass is 10.0. The highest BCUT2D eigenvalue weighted by Crippen LogP contribution is 2.30. The normalized spacial score (nSPS) is 9.80. The minimum atomic E-state index is -0.856. The van der Waals surface area contributed by atoms with Crippen LogP contribution in [0.1, 0.15) is 11.1 Å². The van der Waals surface area contributed by atoms with E-state index in [1.54, 1.807) is 19.2 Å². The summed E-state index contributed by atoms with van der Waals surface area (Å²) >= 11 is 0. The first-order valence-electron chi connectivity index (χ1n) is 4.51. The van der Waals surface area contributed by atoms with Crippen LogP contribution in [-0.2, 0) is 11.2 Å². The van der Waals surface area contributed by atoms with Crippen LogP contribution in [0.25, 0.3) is 0 Å². The maximum absolute atomic E-state index is 10.6. The number of ether oxygens (including phenoxy) is 2. The molecule has 0 aromatic heterocycles. The fourth-order valence-electron chi connectivity index (χ4n) is 1.38. The number of hydrogen-bond donors (Lipinski definition) is 1. The number of carboxylic acids is 1. The third-order valence-corrected chi connectivity index (χ3v) is 2.18. The Morgan fingerprint density at radius 1 is 1.27 bits per heavy atom. The SMILES string of the molecule is COc1cc(C)c(CC(=O)O)cc1OC. The summed E-state index contributed by atoms with van der Waals surface area (Å²) in [5, 5.41) is 8.71. The molecule has 0 unspecified atom stereocenters. The average molecular weight is 210 g/mol. The van der Waals surface area contributed by atoms with Gasteiger partial charge in [0.25, 0.3) is 0 Å². The predicted molar refractivity (Wildman–Crippen MR) is 55.6 cm³/mol. The van der Waals surface area contributed by atoms with Crippen molar-refractivity contribution < 1.29 is 19.4 Å². The summed E-state index contributed by atoms with van der Waals surface area (Å²) in [5.74, 6) is 0.314. The summed E-state index contributed by atoms with van der Waals surface area (Å²) in [4.78, 5) is 10.6. The minimum Gasteiger partial charge on any atom is -0.493 e. The van der Waals surface area contributed by atoms with Crippen molar-refractivity contribution in [2.45, 2.75) is 13.3 Å². The largest absolute Gasteiger partial charge is 0.493 e. The quantitative estimate of drug-likeness (QED) is 0.820. The van der Waals surface area contributed by atoms with Gasteiger partial charge in [0.2, 0.25) is 0 Å². The van der Waals surface area contributed by atoms with Crippen LogP contribution in [0.5, 0.6) is 11.5 Å². The molecule has 15 heavy (non-hydrogen) atoms. The molecule has 4 heteroatoms. The molecule has 1 N–H and O–H groups in total.